The number of nitrogens with zero attached hydrogens (tertiary/aromatic N) is 1. The minimum Gasteiger partial charge on any atom is -0.493 e. The number of aliphatic hydroxyl groups excluding tert-OH is 1. The molecular weight excluding hydrogens is 487 g/mol. The molecule has 0 aliphatic heterocycles. The molecule has 0 amide bonds. The van der Waals surface area contributed by atoms with Crippen LogP contribution in [0.25, 0.3) is 22.4 Å². The average Bonchev–Trinajstić information content (AvgIpc) is 3.13. The van der Waals surface area contributed by atoms with Crippen molar-refractivity contribution < 1.29 is 12.9 Å². The number of nitrogens with one attached hydrogen (secondary N) is 1. The van der Waals surface area contributed by atoms with Gasteiger partial charge in [0, 0.05) is 31.0 Å². The lowest BCUT2D eigenvalue weighted by atomic mass is 10.2. The summed E-state index contributed by atoms with van der Waals surface area (Å²) in [5.41, 5.74) is 3.07. The molecule has 2 aromatic carbocycles. The van der Waals surface area contributed by atoms with Crippen LogP contribution in [0.3, 0.4) is 0 Å². The molecule has 28 heavy (non-hydrogen) atoms. The van der Waals surface area contributed by atoms with E-state index in [2.05, 4.69) is 22.4 Å². The first-order chi connectivity index (χ1) is 13.7. The molecule has 0 unspecified atom stereocenters. The van der Waals surface area contributed by atoms with Gasteiger partial charge in [0.15, 0.2) is 34.5 Å². The van der Waals surface area contributed by atoms with E-state index in [9.17, 15) is 0 Å². The monoisotopic (exact) mass is 508 g/mol. The number of hydrogen-bond donors (Lipinski definition) is 2. The third kappa shape index (κ3) is 5.46. The number of ether oxygens (including phenoxy) is 1. The molecule has 0 fully saturated rings. The third-order valence-corrected chi connectivity index (χ3v) is 5.44. The number of aliphatic hydroxyl groups is 1. The van der Waals surface area contributed by atoms with Crippen LogP contribution >= 0.6 is 34.3 Å². The van der Waals surface area contributed by atoms with Gasteiger partial charge >= 0.3 is 0 Å². The summed E-state index contributed by atoms with van der Waals surface area (Å²) < 4.78 is 11.7. The highest BCUT2D eigenvalue weighted by Crippen LogP contribution is 2.36. The Bertz CT molecular complexity index is 927. The largest absolute Gasteiger partial charge is 0.493 e. The van der Waals surface area contributed by atoms with Gasteiger partial charge in [0.25, 0.3) is 0 Å². The van der Waals surface area contributed by atoms with Crippen molar-refractivity contribution in [3.8, 4) is 11.5 Å². The quantitative estimate of drug-likeness (QED) is 0.225. The maximum atomic E-state index is 8.81. The molecule has 0 atom stereocenters. The number of aromatic nitrogens is 1. The summed E-state index contributed by atoms with van der Waals surface area (Å²) in [6.07, 6.45) is 8.77. The van der Waals surface area contributed by atoms with E-state index in [1.54, 1.807) is 18.4 Å². The van der Waals surface area contributed by atoms with Crippen LogP contribution in [-0.2, 0) is 0 Å². The van der Waals surface area contributed by atoms with E-state index in [4.69, 9.17) is 12.9 Å². The SMILES string of the molecule is COc1cc2sc(/C=C/C=C/c3ccc(NCCCO)cc3)nc2cc1OI. The van der Waals surface area contributed by atoms with Gasteiger partial charge in [0.2, 0.25) is 0 Å². The Morgan fingerprint density at radius 1 is 1.14 bits per heavy atom. The van der Waals surface area contributed by atoms with Crippen molar-refractivity contribution in [3.05, 3.63) is 59.1 Å². The van der Waals surface area contributed by atoms with Crippen LogP contribution in [0.1, 0.15) is 17.0 Å². The highest BCUT2D eigenvalue weighted by Gasteiger charge is 2.09. The van der Waals surface area contributed by atoms with Gasteiger partial charge in [-0.15, -0.1) is 11.3 Å². The van der Waals surface area contributed by atoms with Gasteiger partial charge < -0.3 is 18.2 Å². The van der Waals surface area contributed by atoms with Crippen LogP contribution in [0, 0.1) is 0 Å². The van der Waals surface area contributed by atoms with Crippen LogP contribution in [0.15, 0.2) is 48.6 Å². The molecular formula is C21H21IN2O3S. The zero-order valence-electron chi connectivity index (χ0n) is 15.4. The molecule has 7 heteroatoms. The van der Waals surface area contributed by atoms with Gasteiger partial charge in [-0.3, -0.25) is 0 Å². The lowest BCUT2D eigenvalue weighted by molar-refractivity contribution is 0.292. The van der Waals surface area contributed by atoms with Gasteiger partial charge in [-0.05, 0) is 30.2 Å². The molecule has 3 aromatic rings. The molecule has 3 rings (SSSR count). The Labute approximate surface area is 182 Å². The number of rotatable bonds is 9. The Hall–Kier alpha value is -2.10. The average molecular weight is 508 g/mol. The first kappa shape index (κ1) is 20.6. The van der Waals surface area contributed by atoms with Gasteiger partial charge in [0.1, 0.15) is 5.01 Å². The summed E-state index contributed by atoms with van der Waals surface area (Å²) in [4.78, 5) is 4.62. The van der Waals surface area contributed by atoms with Gasteiger partial charge in [-0.25, -0.2) is 4.98 Å². The molecule has 0 bridgehead atoms. The van der Waals surface area contributed by atoms with Crippen LogP contribution in [0.2, 0.25) is 0 Å². The number of benzene rings is 2. The number of thiazole rings is 1. The fraction of sp³-hybridized carbons (Fsp3) is 0.190. The van der Waals surface area contributed by atoms with Crippen molar-refractivity contribution in [1.29, 1.82) is 0 Å². The summed E-state index contributed by atoms with van der Waals surface area (Å²) in [5, 5.41) is 13.0. The maximum absolute atomic E-state index is 8.81. The summed E-state index contributed by atoms with van der Waals surface area (Å²) in [5.74, 6) is 1.38. The minimum atomic E-state index is 0.204. The van der Waals surface area contributed by atoms with E-state index in [0.29, 0.717) is 11.5 Å². The molecule has 0 aliphatic rings. The summed E-state index contributed by atoms with van der Waals surface area (Å²) in [7, 11) is 1.63. The van der Waals surface area contributed by atoms with Gasteiger partial charge in [-0.1, -0.05) is 30.4 Å². The van der Waals surface area contributed by atoms with Crippen LogP contribution < -0.4 is 13.1 Å². The molecule has 2 N–H and O–H groups in total. The predicted octanol–water partition coefficient (Wildman–Crippen LogP) is 5.55. The number of allylic oxidation sites excluding steroid dienone is 2. The molecule has 5 nitrogen and oxygen atoms in total. The van der Waals surface area contributed by atoms with Crippen molar-refractivity contribution >= 4 is 62.4 Å². The zero-order chi connectivity index (χ0) is 19.8. The van der Waals surface area contributed by atoms with E-state index >= 15 is 0 Å². The van der Waals surface area contributed by atoms with Crippen LogP contribution in [-0.4, -0.2) is 30.4 Å². The molecule has 0 saturated heterocycles. The van der Waals surface area contributed by atoms with E-state index in [1.165, 1.54) is 0 Å². The van der Waals surface area contributed by atoms with Crippen LogP contribution in [0.4, 0.5) is 5.69 Å². The minimum absolute atomic E-state index is 0.204. The molecule has 0 aliphatic carbocycles. The number of methoxy groups -OCH3 is 1. The van der Waals surface area contributed by atoms with Crippen molar-refractivity contribution in [2.45, 2.75) is 6.42 Å². The van der Waals surface area contributed by atoms with Crippen LogP contribution in [0.5, 0.6) is 11.5 Å². The first-order valence-corrected chi connectivity index (χ1v) is 10.5. The standard InChI is InChI=1S/C21H21IN2O3S/c1-26-18-14-20-17(13-19(18)27-22)24-21(28-20)6-3-2-5-15-7-9-16(10-8-15)23-11-4-12-25/h2-3,5-10,13-14,23,25H,4,11-12H2,1H3/b5-2+,6-3+. The van der Waals surface area contributed by atoms with Crippen molar-refractivity contribution in [2.24, 2.45) is 0 Å². The second kappa shape index (κ2) is 10.4. The predicted molar refractivity (Wildman–Crippen MR) is 126 cm³/mol. The van der Waals surface area contributed by atoms with Crippen molar-refractivity contribution in [2.75, 3.05) is 25.6 Å². The van der Waals surface area contributed by atoms with Gasteiger partial charge in [-0.2, -0.15) is 0 Å². The summed E-state index contributed by atoms with van der Waals surface area (Å²) in [6.45, 7) is 0.976. The van der Waals surface area contributed by atoms with Crippen molar-refractivity contribution in [3.63, 3.8) is 0 Å². The van der Waals surface area contributed by atoms with E-state index in [0.717, 1.165) is 39.4 Å². The number of fused-ring (bicyclic) bond motifs is 1. The Kier molecular flexibility index (Phi) is 7.70. The Balaban J connectivity index is 1.63. The number of hydrogen-bond acceptors (Lipinski definition) is 6. The normalized spacial score (nSPS) is 11.5. The van der Waals surface area contributed by atoms with E-state index in [1.807, 2.05) is 71.6 Å². The second-order valence-corrected chi connectivity index (χ2v) is 7.45. The lowest BCUT2D eigenvalue weighted by Crippen LogP contribution is -2.02. The molecule has 0 saturated carbocycles. The second-order valence-electron chi connectivity index (χ2n) is 5.94. The highest BCUT2D eigenvalue weighted by molar-refractivity contribution is 14.1. The lowest BCUT2D eigenvalue weighted by Gasteiger charge is -2.04. The summed E-state index contributed by atoms with van der Waals surface area (Å²) >= 11 is 3.45. The number of halogens is 1. The zero-order valence-corrected chi connectivity index (χ0v) is 18.4. The fourth-order valence-electron chi connectivity index (χ4n) is 2.57. The molecule has 146 valence electrons. The fourth-order valence-corrected chi connectivity index (χ4v) is 3.81. The third-order valence-electron chi connectivity index (χ3n) is 3.99. The summed E-state index contributed by atoms with van der Waals surface area (Å²) in [6, 6.07) is 12.0. The highest BCUT2D eigenvalue weighted by atomic mass is 127. The smallest absolute Gasteiger partial charge is 0.192 e. The Morgan fingerprint density at radius 3 is 2.64 bits per heavy atom. The Morgan fingerprint density at radius 2 is 1.93 bits per heavy atom. The van der Waals surface area contributed by atoms with Gasteiger partial charge in [0.05, 0.1) is 17.3 Å². The first-order valence-electron chi connectivity index (χ1n) is 8.80. The molecule has 0 radical (unpaired) electrons. The number of anilines is 1. The topological polar surface area (TPSA) is 63.6 Å². The molecule has 1 heterocycles. The maximum Gasteiger partial charge on any atom is 0.192 e. The molecule has 0 spiro atoms. The van der Waals surface area contributed by atoms with E-state index < -0.39 is 0 Å². The molecule has 1 aromatic heterocycles. The van der Waals surface area contributed by atoms with E-state index in [-0.39, 0.29) is 6.61 Å². The van der Waals surface area contributed by atoms with Crippen molar-refractivity contribution in [1.82, 2.24) is 4.98 Å².